The van der Waals surface area contributed by atoms with Crippen molar-refractivity contribution < 1.29 is 46.9 Å². The van der Waals surface area contributed by atoms with Gasteiger partial charge >= 0.3 is 19.4 Å². The van der Waals surface area contributed by atoms with Gasteiger partial charge in [-0.25, -0.2) is 18.1 Å². The smallest absolute Gasteiger partial charge is 0.459 e. The average Bonchev–Trinajstić information content (AvgIpc) is 3.18. The number of fused-ring (bicyclic) bond motifs is 1. The Morgan fingerprint density at radius 1 is 1.14 bits per heavy atom. The fraction of sp³-hybridized carbons (Fsp3) is 0.423. The molecule has 1 fully saturated rings. The third kappa shape index (κ3) is 6.46. The number of halogens is 2. The third-order valence-electron chi connectivity index (χ3n) is 6.44. The van der Waals surface area contributed by atoms with E-state index in [4.69, 9.17) is 18.5 Å². The molecule has 16 heteroatoms. The van der Waals surface area contributed by atoms with Crippen molar-refractivity contribution in [3.05, 3.63) is 75.6 Å². The Labute approximate surface area is 237 Å². The van der Waals surface area contributed by atoms with Crippen molar-refractivity contribution >= 4 is 24.5 Å². The number of ether oxygens (including phenoxy) is 2. The standard InChI is InChI=1S/C26H30F2N3O10P/c1-14(2)39-23(35)15(3)30-42(37,41-18-10-6-8-16-7-4-5-9-17(16)18)38-13-26(24(27)28)21(34)20(33)22(40-26)31-12-11-19(32)29-25(31)36/h4-12,14-15,20-22,24,33-34H,13H2,1-3H3,(H,30,37)(H,29,32,36)/t15-,20+,21+,22+,26+,42?/m0/s1. The lowest BCUT2D eigenvalue weighted by Crippen LogP contribution is -2.53. The van der Waals surface area contributed by atoms with Gasteiger partial charge in [-0.1, -0.05) is 36.4 Å². The van der Waals surface area contributed by atoms with Crippen LogP contribution in [0.1, 0.15) is 27.0 Å². The Morgan fingerprint density at radius 2 is 1.83 bits per heavy atom. The summed E-state index contributed by atoms with van der Waals surface area (Å²) in [6, 6.07) is 11.2. The number of hydrogen-bond acceptors (Lipinski definition) is 10. The maximum Gasteiger partial charge on any atom is 0.459 e. The van der Waals surface area contributed by atoms with E-state index >= 15 is 0 Å². The summed E-state index contributed by atoms with van der Waals surface area (Å²) >= 11 is 0. The van der Waals surface area contributed by atoms with Crippen LogP contribution in [-0.2, 0) is 23.4 Å². The van der Waals surface area contributed by atoms with E-state index in [-0.39, 0.29) is 5.75 Å². The van der Waals surface area contributed by atoms with Crippen molar-refractivity contribution in [2.24, 2.45) is 0 Å². The minimum Gasteiger partial charge on any atom is -0.462 e. The molecule has 0 radical (unpaired) electrons. The maximum atomic E-state index is 14.6. The zero-order valence-electron chi connectivity index (χ0n) is 22.7. The first kappa shape index (κ1) is 31.5. The van der Waals surface area contributed by atoms with E-state index in [1.54, 1.807) is 50.2 Å². The number of aliphatic hydroxyl groups is 2. The van der Waals surface area contributed by atoms with Gasteiger partial charge in [0.1, 0.15) is 24.0 Å². The molecule has 1 aliphatic heterocycles. The van der Waals surface area contributed by atoms with Gasteiger partial charge in [-0.15, -0.1) is 0 Å². The van der Waals surface area contributed by atoms with Gasteiger partial charge in [0.2, 0.25) is 0 Å². The molecule has 0 saturated carbocycles. The lowest BCUT2D eigenvalue weighted by Gasteiger charge is -2.32. The zero-order chi connectivity index (χ0) is 30.8. The molecule has 1 unspecified atom stereocenters. The van der Waals surface area contributed by atoms with E-state index in [2.05, 4.69) is 5.09 Å². The van der Waals surface area contributed by atoms with Crippen molar-refractivity contribution in [1.82, 2.24) is 14.6 Å². The number of rotatable bonds is 11. The van der Waals surface area contributed by atoms with Gasteiger partial charge < -0.3 is 24.2 Å². The Kier molecular flexibility index (Phi) is 9.30. The van der Waals surface area contributed by atoms with Crippen LogP contribution in [0.2, 0.25) is 0 Å². The SMILES string of the molecule is CC(C)OC(=O)[C@H](C)NP(=O)(OC[C@@]1(C(F)F)O[C@@H](n2ccc(=O)[nH]c2=O)[C@H](O)[C@H]1O)Oc1cccc2ccccc12. The highest BCUT2D eigenvalue weighted by Gasteiger charge is 2.61. The summed E-state index contributed by atoms with van der Waals surface area (Å²) in [5, 5.41) is 24.8. The number of nitrogens with one attached hydrogen (secondary N) is 2. The molecule has 4 rings (SSSR count). The number of alkyl halides is 2. The summed E-state index contributed by atoms with van der Waals surface area (Å²) in [4.78, 5) is 38.1. The fourth-order valence-electron chi connectivity index (χ4n) is 4.33. The van der Waals surface area contributed by atoms with Crippen LogP contribution in [0.15, 0.2) is 64.3 Å². The van der Waals surface area contributed by atoms with Crippen LogP contribution in [-0.4, -0.2) is 68.7 Å². The molecule has 1 aliphatic rings. The maximum absolute atomic E-state index is 14.6. The van der Waals surface area contributed by atoms with Crippen molar-refractivity contribution in [1.29, 1.82) is 0 Å². The molecular weight excluding hydrogens is 583 g/mol. The lowest BCUT2D eigenvalue weighted by molar-refractivity contribution is -0.192. The second-order valence-electron chi connectivity index (χ2n) is 9.89. The van der Waals surface area contributed by atoms with E-state index in [0.717, 1.165) is 12.3 Å². The normalized spacial score (nSPS) is 24.5. The predicted molar refractivity (Wildman–Crippen MR) is 144 cm³/mol. The van der Waals surface area contributed by atoms with Crippen molar-refractivity contribution in [2.75, 3.05) is 6.61 Å². The number of nitrogens with zero attached hydrogens (tertiary/aromatic N) is 1. The highest BCUT2D eigenvalue weighted by atomic mass is 31.2. The molecular formula is C26H30F2N3O10P. The zero-order valence-corrected chi connectivity index (χ0v) is 23.6. The lowest BCUT2D eigenvalue weighted by atomic mass is 9.96. The second kappa shape index (κ2) is 12.4. The highest BCUT2D eigenvalue weighted by Crippen LogP contribution is 2.50. The number of aromatic nitrogens is 2. The Bertz CT molecular complexity index is 1590. The predicted octanol–water partition coefficient (Wildman–Crippen LogP) is 2.08. The van der Waals surface area contributed by atoms with Gasteiger partial charge in [-0.2, -0.15) is 5.09 Å². The van der Waals surface area contributed by atoms with Crippen LogP contribution in [0.25, 0.3) is 10.8 Å². The van der Waals surface area contributed by atoms with Gasteiger partial charge in [0.25, 0.3) is 12.0 Å². The number of H-pyrrole nitrogens is 1. The number of hydrogen-bond donors (Lipinski definition) is 4. The topological polar surface area (TPSA) is 178 Å². The molecule has 0 aliphatic carbocycles. The van der Waals surface area contributed by atoms with Crippen LogP contribution in [0.3, 0.4) is 0 Å². The first-order valence-corrected chi connectivity index (χ1v) is 14.3. The minimum atomic E-state index is -4.76. The molecule has 2 heterocycles. The minimum absolute atomic E-state index is 0.0186. The molecule has 228 valence electrons. The summed E-state index contributed by atoms with van der Waals surface area (Å²) in [6.45, 7) is 3.14. The number of benzene rings is 2. The molecule has 0 spiro atoms. The molecule has 42 heavy (non-hydrogen) atoms. The van der Waals surface area contributed by atoms with Crippen molar-refractivity contribution in [3.63, 3.8) is 0 Å². The monoisotopic (exact) mass is 613 g/mol. The quantitative estimate of drug-likeness (QED) is 0.184. The number of aromatic amines is 1. The van der Waals surface area contributed by atoms with Crippen molar-refractivity contribution in [3.8, 4) is 5.75 Å². The molecule has 0 bridgehead atoms. The number of aliphatic hydroxyl groups excluding tert-OH is 2. The third-order valence-corrected chi connectivity index (χ3v) is 8.05. The summed E-state index contributed by atoms with van der Waals surface area (Å²) < 4.78 is 65.4. The molecule has 2 aromatic carbocycles. The van der Waals surface area contributed by atoms with Gasteiger partial charge in [0.15, 0.2) is 11.8 Å². The van der Waals surface area contributed by atoms with E-state index in [1.807, 2.05) is 4.98 Å². The van der Waals surface area contributed by atoms with Crippen LogP contribution >= 0.6 is 7.75 Å². The van der Waals surface area contributed by atoms with E-state index < -0.39 is 74.2 Å². The van der Waals surface area contributed by atoms with E-state index in [1.165, 1.54) is 13.0 Å². The molecule has 0 amide bonds. The molecule has 1 aromatic heterocycles. The second-order valence-corrected chi connectivity index (χ2v) is 11.6. The Balaban J connectivity index is 1.68. The van der Waals surface area contributed by atoms with Crippen LogP contribution in [0, 0.1) is 0 Å². The van der Waals surface area contributed by atoms with Crippen LogP contribution < -0.4 is 20.9 Å². The Hall–Kier alpha value is -3.46. The van der Waals surface area contributed by atoms with Crippen molar-refractivity contribution in [2.45, 2.75) is 63.4 Å². The molecule has 3 aromatic rings. The molecule has 4 N–H and O–H groups in total. The number of carbonyl (C=O) groups excluding carboxylic acids is 1. The fourth-order valence-corrected chi connectivity index (χ4v) is 5.88. The van der Waals surface area contributed by atoms with Gasteiger partial charge in [-0.3, -0.25) is 23.7 Å². The highest BCUT2D eigenvalue weighted by molar-refractivity contribution is 7.52. The van der Waals surface area contributed by atoms with Gasteiger partial charge in [0.05, 0.1) is 12.7 Å². The van der Waals surface area contributed by atoms with E-state index in [9.17, 15) is 37.9 Å². The number of esters is 1. The van der Waals surface area contributed by atoms with Gasteiger partial charge in [0, 0.05) is 17.6 Å². The number of carbonyl (C=O) groups is 1. The first-order valence-electron chi connectivity index (χ1n) is 12.8. The van der Waals surface area contributed by atoms with Crippen LogP contribution in [0.4, 0.5) is 8.78 Å². The largest absolute Gasteiger partial charge is 0.462 e. The molecule has 13 nitrogen and oxygen atoms in total. The van der Waals surface area contributed by atoms with E-state index in [0.29, 0.717) is 15.3 Å². The van der Waals surface area contributed by atoms with Gasteiger partial charge in [-0.05, 0) is 32.2 Å². The summed E-state index contributed by atoms with van der Waals surface area (Å²) in [5.74, 6) is -0.825. The molecule has 6 atom stereocenters. The summed E-state index contributed by atoms with van der Waals surface area (Å²) in [5.41, 5.74) is -4.93. The van der Waals surface area contributed by atoms with Crippen LogP contribution in [0.5, 0.6) is 5.75 Å². The average molecular weight is 614 g/mol. The Morgan fingerprint density at radius 3 is 2.50 bits per heavy atom. The summed E-state index contributed by atoms with van der Waals surface area (Å²) in [7, 11) is -4.76. The first-order chi connectivity index (χ1) is 19.8. The molecule has 1 saturated heterocycles. The summed E-state index contributed by atoms with van der Waals surface area (Å²) in [6.07, 6.45) is -9.54.